The van der Waals surface area contributed by atoms with E-state index >= 15 is 0 Å². The van der Waals surface area contributed by atoms with Gasteiger partial charge in [-0.25, -0.2) is 4.79 Å². The molecule has 1 amide bonds. The molecule has 0 unspecified atom stereocenters. The Kier molecular flexibility index (Phi) is 3.66. The van der Waals surface area contributed by atoms with Gasteiger partial charge in [0.25, 0.3) is 0 Å². The van der Waals surface area contributed by atoms with Gasteiger partial charge in [-0.15, -0.1) is 0 Å². The van der Waals surface area contributed by atoms with Crippen molar-refractivity contribution in [2.45, 2.75) is 13.5 Å². The van der Waals surface area contributed by atoms with E-state index in [1.807, 2.05) is 0 Å². The molecule has 1 aliphatic heterocycles. The van der Waals surface area contributed by atoms with Crippen LogP contribution in [0.25, 0.3) is 0 Å². The van der Waals surface area contributed by atoms with Crippen LogP contribution in [-0.2, 0) is 11.3 Å². The van der Waals surface area contributed by atoms with Crippen molar-refractivity contribution >= 4 is 11.9 Å². The maximum atomic E-state index is 11.2. The molecule has 0 radical (unpaired) electrons. The molecule has 1 fully saturated rings. The zero-order valence-corrected chi connectivity index (χ0v) is 10.3. The number of aromatic carboxylic acids is 1. The van der Waals surface area contributed by atoms with Crippen LogP contribution in [0.5, 0.6) is 0 Å². The summed E-state index contributed by atoms with van der Waals surface area (Å²) in [7, 11) is 0. The van der Waals surface area contributed by atoms with E-state index < -0.39 is 5.97 Å². The van der Waals surface area contributed by atoms with Gasteiger partial charge in [0.15, 0.2) is 0 Å². The number of hydrogen-bond acceptors (Lipinski definition) is 4. The highest BCUT2D eigenvalue weighted by atomic mass is 16.4. The summed E-state index contributed by atoms with van der Waals surface area (Å²) in [6, 6.07) is 1.68. The Hall–Kier alpha value is -1.82. The van der Waals surface area contributed by atoms with Gasteiger partial charge in [-0.3, -0.25) is 9.69 Å². The zero-order valence-electron chi connectivity index (χ0n) is 10.3. The Morgan fingerprint density at radius 1 is 1.33 bits per heavy atom. The van der Waals surface area contributed by atoms with Crippen molar-refractivity contribution in [1.29, 1.82) is 0 Å². The molecule has 18 heavy (non-hydrogen) atoms. The van der Waals surface area contributed by atoms with Crippen LogP contribution in [0.3, 0.4) is 0 Å². The average molecular weight is 252 g/mol. The molecule has 98 valence electrons. The van der Waals surface area contributed by atoms with E-state index in [2.05, 4.69) is 4.90 Å². The summed E-state index contributed by atoms with van der Waals surface area (Å²) in [4.78, 5) is 26.0. The molecule has 6 heteroatoms. The summed E-state index contributed by atoms with van der Waals surface area (Å²) in [6.07, 6.45) is 1.39. The number of carboxylic acid groups (broad SMARTS) is 1. The summed E-state index contributed by atoms with van der Waals surface area (Å²) < 4.78 is 4.94. The maximum absolute atomic E-state index is 11.2. The van der Waals surface area contributed by atoms with Crippen molar-refractivity contribution in [3.05, 3.63) is 23.7 Å². The van der Waals surface area contributed by atoms with Crippen LogP contribution in [0.1, 0.15) is 23.0 Å². The topological polar surface area (TPSA) is 74.0 Å². The number of hydrogen-bond donors (Lipinski definition) is 1. The number of nitrogens with zero attached hydrogens (tertiary/aromatic N) is 2. The van der Waals surface area contributed by atoms with Gasteiger partial charge in [0.05, 0.1) is 6.26 Å². The maximum Gasteiger partial charge on any atom is 0.372 e. The largest absolute Gasteiger partial charge is 0.475 e. The van der Waals surface area contributed by atoms with Gasteiger partial charge in [0, 0.05) is 45.2 Å². The minimum atomic E-state index is -1.04. The zero-order chi connectivity index (χ0) is 13.1. The lowest BCUT2D eigenvalue weighted by molar-refractivity contribution is -0.130. The van der Waals surface area contributed by atoms with E-state index in [1.165, 1.54) is 6.26 Å². The molecule has 1 aromatic heterocycles. The first kappa shape index (κ1) is 12.6. The number of rotatable bonds is 3. The van der Waals surface area contributed by atoms with Gasteiger partial charge in [-0.1, -0.05) is 0 Å². The van der Waals surface area contributed by atoms with E-state index in [4.69, 9.17) is 9.52 Å². The van der Waals surface area contributed by atoms with Gasteiger partial charge in [0.1, 0.15) is 0 Å². The lowest BCUT2D eigenvalue weighted by Gasteiger charge is -2.33. The van der Waals surface area contributed by atoms with Gasteiger partial charge < -0.3 is 14.4 Å². The Morgan fingerprint density at radius 3 is 2.56 bits per heavy atom. The van der Waals surface area contributed by atoms with E-state index in [9.17, 15) is 9.59 Å². The lowest BCUT2D eigenvalue weighted by atomic mass is 10.2. The molecule has 2 heterocycles. The van der Waals surface area contributed by atoms with Crippen LogP contribution in [-0.4, -0.2) is 53.0 Å². The summed E-state index contributed by atoms with van der Waals surface area (Å²) in [5.41, 5.74) is 0.679. The second-order valence-corrected chi connectivity index (χ2v) is 4.36. The van der Waals surface area contributed by atoms with Gasteiger partial charge in [-0.05, 0) is 6.07 Å². The summed E-state index contributed by atoms with van der Waals surface area (Å²) in [6.45, 7) is 5.00. The summed E-state index contributed by atoms with van der Waals surface area (Å²) in [5.74, 6) is -0.953. The number of piperazine rings is 1. The number of carboxylic acids is 1. The molecule has 1 saturated heterocycles. The van der Waals surface area contributed by atoms with Crippen LogP contribution >= 0.6 is 0 Å². The molecule has 1 N–H and O–H groups in total. The third-order valence-corrected chi connectivity index (χ3v) is 3.15. The van der Waals surface area contributed by atoms with Crippen LogP contribution in [0.2, 0.25) is 0 Å². The Balaban J connectivity index is 1.93. The van der Waals surface area contributed by atoms with Crippen molar-refractivity contribution in [3.63, 3.8) is 0 Å². The highest BCUT2D eigenvalue weighted by molar-refractivity contribution is 5.86. The molecule has 0 saturated carbocycles. The van der Waals surface area contributed by atoms with Gasteiger partial charge >= 0.3 is 5.97 Å². The first-order valence-corrected chi connectivity index (χ1v) is 5.85. The van der Waals surface area contributed by atoms with Crippen molar-refractivity contribution in [3.8, 4) is 0 Å². The van der Waals surface area contributed by atoms with Gasteiger partial charge in [-0.2, -0.15) is 0 Å². The second kappa shape index (κ2) is 5.22. The fourth-order valence-corrected chi connectivity index (χ4v) is 2.11. The number of amides is 1. The molecule has 0 aliphatic carbocycles. The van der Waals surface area contributed by atoms with Crippen LogP contribution in [0.4, 0.5) is 0 Å². The minimum absolute atomic E-state index is 0.00370. The molecular formula is C12H16N2O4. The monoisotopic (exact) mass is 252 g/mol. The Labute approximate surface area is 105 Å². The van der Waals surface area contributed by atoms with Crippen molar-refractivity contribution in [2.24, 2.45) is 0 Å². The number of furan rings is 1. The Morgan fingerprint density at radius 2 is 2.00 bits per heavy atom. The molecule has 6 nitrogen and oxygen atoms in total. The van der Waals surface area contributed by atoms with E-state index in [-0.39, 0.29) is 11.7 Å². The minimum Gasteiger partial charge on any atom is -0.475 e. The average Bonchev–Trinajstić information content (AvgIpc) is 2.78. The predicted molar refractivity (Wildman–Crippen MR) is 63.2 cm³/mol. The first-order chi connectivity index (χ1) is 8.58. The van der Waals surface area contributed by atoms with Crippen molar-refractivity contribution < 1.29 is 19.1 Å². The lowest BCUT2D eigenvalue weighted by Crippen LogP contribution is -2.47. The molecule has 0 aromatic carbocycles. The van der Waals surface area contributed by atoms with E-state index in [1.54, 1.807) is 17.9 Å². The van der Waals surface area contributed by atoms with E-state index in [0.717, 1.165) is 13.1 Å². The van der Waals surface area contributed by atoms with Crippen LogP contribution in [0, 0.1) is 0 Å². The molecule has 2 rings (SSSR count). The third kappa shape index (κ3) is 2.70. The SMILES string of the molecule is CC(=O)N1CCN(Cc2ccoc2C(=O)O)CC1. The molecule has 1 aliphatic rings. The van der Waals surface area contributed by atoms with Crippen LogP contribution < -0.4 is 0 Å². The van der Waals surface area contributed by atoms with Gasteiger partial charge in [0.2, 0.25) is 11.7 Å². The number of carbonyl (C=O) groups excluding carboxylic acids is 1. The molecule has 0 spiro atoms. The smallest absolute Gasteiger partial charge is 0.372 e. The number of carbonyl (C=O) groups is 2. The highest BCUT2D eigenvalue weighted by Gasteiger charge is 2.21. The third-order valence-electron chi connectivity index (χ3n) is 3.15. The first-order valence-electron chi connectivity index (χ1n) is 5.85. The van der Waals surface area contributed by atoms with Crippen LogP contribution in [0.15, 0.2) is 16.7 Å². The molecule has 0 bridgehead atoms. The highest BCUT2D eigenvalue weighted by Crippen LogP contribution is 2.14. The van der Waals surface area contributed by atoms with Crippen molar-refractivity contribution in [1.82, 2.24) is 9.80 Å². The second-order valence-electron chi connectivity index (χ2n) is 4.36. The predicted octanol–water partition coefficient (Wildman–Crippen LogP) is 0.642. The van der Waals surface area contributed by atoms with E-state index in [0.29, 0.717) is 25.2 Å². The molecule has 1 aromatic rings. The summed E-state index contributed by atoms with van der Waals surface area (Å²) in [5, 5.41) is 8.93. The molecule has 0 atom stereocenters. The Bertz CT molecular complexity index is 447. The molecular weight excluding hydrogens is 236 g/mol. The quantitative estimate of drug-likeness (QED) is 0.854. The normalized spacial score (nSPS) is 16.8. The standard InChI is InChI=1S/C12H16N2O4/c1-9(15)14-5-3-13(4-6-14)8-10-2-7-18-11(10)12(16)17/h2,7H,3-6,8H2,1H3,(H,16,17). The van der Waals surface area contributed by atoms with Crippen molar-refractivity contribution in [2.75, 3.05) is 26.2 Å². The summed E-state index contributed by atoms with van der Waals surface area (Å²) >= 11 is 0. The fourth-order valence-electron chi connectivity index (χ4n) is 2.11. The fraction of sp³-hybridized carbons (Fsp3) is 0.500.